The van der Waals surface area contributed by atoms with E-state index in [-0.39, 0.29) is 25.7 Å². The SMILES string of the molecule is CCCCCCCCCCCCCCCCCC(=O)OC[C@H](COP(=O)(O)OC[C@@H](O)COP(=O)(O)OC[C@@H](COC(=O)CCCCCCCCCCC)OC(=O)CCCCCCCCCCCC(C)C)OC(=O)CCCCCCCCCCCCCCCC(C)C. The van der Waals surface area contributed by atoms with E-state index in [2.05, 4.69) is 41.5 Å². The van der Waals surface area contributed by atoms with E-state index in [0.717, 1.165) is 102 Å². The molecule has 19 heteroatoms. The van der Waals surface area contributed by atoms with Gasteiger partial charge in [0.25, 0.3) is 0 Å². The molecule has 0 aromatic heterocycles. The maximum absolute atomic E-state index is 13.1. The van der Waals surface area contributed by atoms with Gasteiger partial charge in [-0.1, -0.05) is 324 Å². The first kappa shape index (κ1) is 90.1. The molecule has 0 aromatic rings. The second kappa shape index (κ2) is 65.0. The van der Waals surface area contributed by atoms with E-state index in [4.69, 9.17) is 37.0 Å². The van der Waals surface area contributed by atoms with Gasteiger partial charge in [-0.2, -0.15) is 0 Å². The second-order valence-corrected chi connectivity index (χ2v) is 30.2. The number of carbonyl (C=O) groups excluding carboxylic acids is 4. The van der Waals surface area contributed by atoms with E-state index in [1.54, 1.807) is 0 Å². The zero-order chi connectivity index (χ0) is 67.9. The second-order valence-electron chi connectivity index (χ2n) is 27.3. The highest BCUT2D eigenvalue weighted by molar-refractivity contribution is 7.47. The third-order valence-electron chi connectivity index (χ3n) is 17.0. The number of aliphatic hydroxyl groups excluding tert-OH is 1. The number of aliphatic hydroxyl groups is 1. The maximum atomic E-state index is 13.1. The lowest BCUT2D eigenvalue weighted by Gasteiger charge is -2.21. The Bertz CT molecular complexity index is 1790. The molecular weight excluding hydrogens is 1210 g/mol. The first-order valence-corrected chi connectivity index (χ1v) is 41.0. The Morgan fingerprint density at radius 2 is 0.500 bits per heavy atom. The van der Waals surface area contributed by atoms with Crippen LogP contribution in [-0.2, 0) is 65.4 Å². The zero-order valence-electron chi connectivity index (χ0n) is 59.9. The van der Waals surface area contributed by atoms with Gasteiger partial charge < -0.3 is 33.8 Å². The zero-order valence-corrected chi connectivity index (χ0v) is 61.6. The van der Waals surface area contributed by atoms with Gasteiger partial charge in [0.2, 0.25) is 0 Å². The number of hydrogen-bond acceptors (Lipinski definition) is 15. The molecule has 0 aliphatic rings. The van der Waals surface area contributed by atoms with Crippen molar-refractivity contribution in [3.05, 3.63) is 0 Å². The molecule has 0 aliphatic carbocycles. The molecule has 2 unspecified atom stereocenters. The van der Waals surface area contributed by atoms with Gasteiger partial charge in [-0.15, -0.1) is 0 Å². The molecule has 0 radical (unpaired) electrons. The summed E-state index contributed by atoms with van der Waals surface area (Å²) in [6.45, 7) is 9.55. The number of esters is 4. The van der Waals surface area contributed by atoms with Crippen molar-refractivity contribution in [1.82, 2.24) is 0 Å². The number of unbranched alkanes of at least 4 members (excludes halogenated alkanes) is 42. The molecule has 546 valence electrons. The summed E-state index contributed by atoms with van der Waals surface area (Å²) in [5, 5.41) is 10.6. The smallest absolute Gasteiger partial charge is 0.462 e. The lowest BCUT2D eigenvalue weighted by atomic mass is 10.0. The van der Waals surface area contributed by atoms with E-state index in [1.165, 1.54) is 193 Å². The molecule has 0 aromatic carbocycles. The predicted octanol–water partition coefficient (Wildman–Crippen LogP) is 21.2. The summed E-state index contributed by atoms with van der Waals surface area (Å²) in [5.41, 5.74) is 0. The Balaban J connectivity index is 5.24. The van der Waals surface area contributed by atoms with E-state index in [9.17, 15) is 43.2 Å². The van der Waals surface area contributed by atoms with Crippen LogP contribution in [0.15, 0.2) is 0 Å². The van der Waals surface area contributed by atoms with E-state index in [1.807, 2.05) is 0 Å². The first-order chi connectivity index (χ1) is 44.4. The third-order valence-corrected chi connectivity index (χ3v) is 18.9. The lowest BCUT2D eigenvalue weighted by molar-refractivity contribution is -0.161. The molecule has 3 N–H and O–H groups in total. The Kier molecular flexibility index (Phi) is 63.7. The summed E-state index contributed by atoms with van der Waals surface area (Å²) in [7, 11) is -9.90. The topological polar surface area (TPSA) is 237 Å². The Morgan fingerprint density at radius 1 is 0.293 bits per heavy atom. The van der Waals surface area contributed by atoms with Crippen LogP contribution in [0.5, 0.6) is 0 Å². The van der Waals surface area contributed by atoms with Crippen molar-refractivity contribution >= 4 is 39.5 Å². The largest absolute Gasteiger partial charge is 0.472 e. The average molecular weight is 1350 g/mol. The Morgan fingerprint density at radius 3 is 0.739 bits per heavy atom. The molecule has 0 spiro atoms. The fourth-order valence-electron chi connectivity index (χ4n) is 11.1. The highest BCUT2D eigenvalue weighted by atomic mass is 31.2. The Hall–Kier alpha value is -1.94. The van der Waals surface area contributed by atoms with Crippen LogP contribution in [0.25, 0.3) is 0 Å². The lowest BCUT2D eigenvalue weighted by Crippen LogP contribution is -2.30. The van der Waals surface area contributed by atoms with Crippen LogP contribution in [0.1, 0.15) is 375 Å². The summed E-state index contributed by atoms with van der Waals surface area (Å²) in [4.78, 5) is 72.6. The maximum Gasteiger partial charge on any atom is 0.472 e. The summed E-state index contributed by atoms with van der Waals surface area (Å²) in [5.74, 6) is -0.597. The van der Waals surface area contributed by atoms with Crippen LogP contribution < -0.4 is 0 Å². The Labute approximate surface area is 562 Å². The van der Waals surface area contributed by atoms with Gasteiger partial charge in [-0.05, 0) is 37.5 Å². The van der Waals surface area contributed by atoms with Crippen LogP contribution in [0, 0.1) is 11.8 Å². The number of hydrogen-bond donors (Lipinski definition) is 3. The number of ether oxygens (including phenoxy) is 4. The minimum atomic E-state index is -4.95. The van der Waals surface area contributed by atoms with Gasteiger partial charge in [-0.25, -0.2) is 9.13 Å². The fourth-order valence-corrected chi connectivity index (χ4v) is 12.7. The monoisotopic (exact) mass is 1350 g/mol. The number of carbonyl (C=O) groups is 4. The van der Waals surface area contributed by atoms with Crippen LogP contribution in [0.2, 0.25) is 0 Å². The summed E-state index contributed by atoms with van der Waals surface area (Å²) in [6.07, 6.45) is 51.3. The summed E-state index contributed by atoms with van der Waals surface area (Å²) >= 11 is 0. The molecule has 0 fully saturated rings. The molecular formula is C73H142O17P2. The highest BCUT2D eigenvalue weighted by Crippen LogP contribution is 2.45. The highest BCUT2D eigenvalue weighted by Gasteiger charge is 2.30. The van der Waals surface area contributed by atoms with Crippen molar-refractivity contribution in [2.24, 2.45) is 11.8 Å². The van der Waals surface area contributed by atoms with Gasteiger partial charge in [0.15, 0.2) is 12.2 Å². The fraction of sp³-hybridized carbons (Fsp3) is 0.945. The van der Waals surface area contributed by atoms with Gasteiger partial charge in [0.1, 0.15) is 19.3 Å². The van der Waals surface area contributed by atoms with Gasteiger partial charge in [0.05, 0.1) is 26.4 Å². The summed E-state index contributed by atoms with van der Waals surface area (Å²) < 4.78 is 68.4. The van der Waals surface area contributed by atoms with Crippen molar-refractivity contribution in [3.8, 4) is 0 Å². The van der Waals surface area contributed by atoms with Crippen LogP contribution >= 0.6 is 15.6 Å². The minimum absolute atomic E-state index is 0.105. The van der Waals surface area contributed by atoms with Crippen LogP contribution in [0.4, 0.5) is 0 Å². The molecule has 17 nitrogen and oxygen atoms in total. The first-order valence-electron chi connectivity index (χ1n) is 38.0. The third kappa shape index (κ3) is 66.7. The predicted molar refractivity (Wildman–Crippen MR) is 372 cm³/mol. The van der Waals surface area contributed by atoms with Crippen LogP contribution in [-0.4, -0.2) is 96.7 Å². The van der Waals surface area contributed by atoms with Crippen LogP contribution in [0.3, 0.4) is 0 Å². The molecule has 0 rings (SSSR count). The molecule has 0 saturated carbocycles. The molecule has 0 amide bonds. The van der Waals surface area contributed by atoms with Crippen molar-refractivity contribution in [2.75, 3.05) is 39.6 Å². The number of rotatable bonds is 72. The van der Waals surface area contributed by atoms with Gasteiger partial charge in [-0.3, -0.25) is 37.3 Å². The molecule has 0 bridgehead atoms. The van der Waals surface area contributed by atoms with E-state index in [0.29, 0.717) is 25.7 Å². The normalized spacial score (nSPS) is 14.1. The van der Waals surface area contributed by atoms with Gasteiger partial charge >= 0.3 is 39.5 Å². The standard InChI is InChI=1S/C73H142O17P2/c1-7-9-11-13-15-17-18-19-20-23-26-32-38-44-50-56-71(76)84-62-69(89-72(77)57-51-45-39-33-27-24-21-22-25-30-35-41-47-53-65(3)4)64-88-92(81,82)86-60-67(74)59-85-91(79,80)87-63-68(61-83-70(75)55-49-43-37-29-16-14-12-10-8-2)90-73(78)58-52-46-40-34-28-31-36-42-48-54-66(5)6/h65-69,74H,7-64H2,1-6H3,(H,79,80)(H,81,82)/t67-,68+,69+/m0/s1. The van der Waals surface area contributed by atoms with Crippen molar-refractivity contribution in [1.29, 1.82) is 0 Å². The number of phosphoric acid groups is 2. The molecule has 0 aliphatic heterocycles. The number of phosphoric ester groups is 2. The van der Waals surface area contributed by atoms with Crippen molar-refractivity contribution in [3.63, 3.8) is 0 Å². The molecule has 0 heterocycles. The quantitative estimate of drug-likeness (QED) is 0.0222. The summed E-state index contributed by atoms with van der Waals surface area (Å²) in [6, 6.07) is 0. The molecule has 0 saturated heterocycles. The average Bonchev–Trinajstić information content (AvgIpc) is 2.89. The molecule has 5 atom stereocenters. The van der Waals surface area contributed by atoms with E-state index < -0.39 is 97.5 Å². The molecule has 92 heavy (non-hydrogen) atoms. The van der Waals surface area contributed by atoms with Crippen molar-refractivity contribution in [2.45, 2.75) is 394 Å². The van der Waals surface area contributed by atoms with Crippen molar-refractivity contribution < 1.29 is 80.2 Å². The van der Waals surface area contributed by atoms with Gasteiger partial charge in [0, 0.05) is 25.7 Å². The van der Waals surface area contributed by atoms with E-state index >= 15 is 0 Å². The minimum Gasteiger partial charge on any atom is -0.462 e.